The minimum atomic E-state index is -0.0973. The van der Waals surface area contributed by atoms with E-state index in [-0.39, 0.29) is 5.91 Å². The first-order valence-corrected chi connectivity index (χ1v) is 9.30. The molecule has 4 nitrogen and oxygen atoms in total. The second-order valence-electron chi connectivity index (χ2n) is 6.55. The lowest BCUT2D eigenvalue weighted by Crippen LogP contribution is -2.22. The fraction of sp³-hybridized carbons (Fsp3) is 0.125. The zero-order valence-electron chi connectivity index (χ0n) is 15.4. The van der Waals surface area contributed by atoms with E-state index in [2.05, 4.69) is 11.4 Å². The normalized spacial score (nSPS) is 10.7. The van der Waals surface area contributed by atoms with Crippen molar-refractivity contribution in [2.45, 2.75) is 13.0 Å². The largest absolute Gasteiger partial charge is 0.493 e. The Kier molecular flexibility index (Phi) is 5.38. The Morgan fingerprint density at radius 3 is 2.54 bits per heavy atom. The van der Waals surface area contributed by atoms with Crippen LogP contribution in [-0.4, -0.2) is 12.5 Å². The molecule has 0 unspecified atom stereocenters. The summed E-state index contributed by atoms with van der Waals surface area (Å²) in [6.07, 6.45) is 2.46. The summed E-state index contributed by atoms with van der Waals surface area (Å²) in [4.78, 5) is 12.3. The second kappa shape index (κ2) is 8.44. The van der Waals surface area contributed by atoms with Crippen LogP contribution in [0.4, 0.5) is 0 Å². The van der Waals surface area contributed by atoms with Gasteiger partial charge in [0.25, 0.3) is 5.91 Å². The van der Waals surface area contributed by atoms with Crippen molar-refractivity contribution in [3.63, 3.8) is 0 Å². The first-order chi connectivity index (χ1) is 13.8. The van der Waals surface area contributed by atoms with Gasteiger partial charge in [-0.2, -0.15) is 0 Å². The molecule has 28 heavy (non-hydrogen) atoms. The van der Waals surface area contributed by atoms with Crippen molar-refractivity contribution < 1.29 is 13.9 Å². The van der Waals surface area contributed by atoms with Gasteiger partial charge >= 0.3 is 0 Å². The number of furan rings is 1. The van der Waals surface area contributed by atoms with Gasteiger partial charge in [-0.25, -0.2) is 0 Å². The van der Waals surface area contributed by atoms with E-state index >= 15 is 0 Å². The lowest BCUT2D eigenvalue weighted by atomic mass is 10.1. The molecule has 4 heteroatoms. The Labute approximate surface area is 163 Å². The molecule has 0 spiro atoms. The number of benzene rings is 3. The molecule has 1 N–H and O–H groups in total. The first-order valence-electron chi connectivity index (χ1n) is 9.30. The Morgan fingerprint density at radius 2 is 1.71 bits per heavy atom. The van der Waals surface area contributed by atoms with Gasteiger partial charge in [0.1, 0.15) is 11.3 Å². The zero-order valence-corrected chi connectivity index (χ0v) is 15.4. The number of fused-ring (bicyclic) bond motifs is 1. The van der Waals surface area contributed by atoms with Crippen LogP contribution in [0.1, 0.15) is 21.5 Å². The number of amides is 1. The van der Waals surface area contributed by atoms with Gasteiger partial charge in [-0.3, -0.25) is 4.79 Å². The van der Waals surface area contributed by atoms with E-state index in [1.165, 1.54) is 0 Å². The SMILES string of the molecule is O=C(NCc1ccccc1)c1ccc(OCCc2cccc3ccoc23)cc1. The van der Waals surface area contributed by atoms with Crippen LogP contribution >= 0.6 is 0 Å². The number of hydrogen-bond acceptors (Lipinski definition) is 3. The monoisotopic (exact) mass is 371 g/mol. The van der Waals surface area contributed by atoms with E-state index in [4.69, 9.17) is 9.15 Å². The fourth-order valence-corrected chi connectivity index (χ4v) is 3.11. The third-order valence-electron chi connectivity index (χ3n) is 4.61. The van der Waals surface area contributed by atoms with Gasteiger partial charge in [0.2, 0.25) is 0 Å². The van der Waals surface area contributed by atoms with Gasteiger partial charge in [0.15, 0.2) is 0 Å². The van der Waals surface area contributed by atoms with Crippen molar-refractivity contribution in [3.8, 4) is 5.75 Å². The summed E-state index contributed by atoms with van der Waals surface area (Å²) >= 11 is 0. The average Bonchev–Trinajstić information content (AvgIpc) is 3.23. The van der Waals surface area contributed by atoms with Crippen molar-refractivity contribution in [2.75, 3.05) is 6.61 Å². The fourth-order valence-electron chi connectivity index (χ4n) is 3.11. The highest BCUT2D eigenvalue weighted by atomic mass is 16.5. The molecule has 1 amide bonds. The lowest BCUT2D eigenvalue weighted by Gasteiger charge is -2.08. The number of hydrogen-bond donors (Lipinski definition) is 1. The van der Waals surface area contributed by atoms with Gasteiger partial charge in [-0.1, -0.05) is 48.5 Å². The van der Waals surface area contributed by atoms with Crippen molar-refractivity contribution >= 4 is 16.9 Å². The number of para-hydroxylation sites is 1. The number of carbonyl (C=O) groups excluding carboxylic acids is 1. The van der Waals surface area contributed by atoms with E-state index < -0.39 is 0 Å². The van der Waals surface area contributed by atoms with Crippen LogP contribution in [0.15, 0.2) is 89.5 Å². The summed E-state index contributed by atoms with van der Waals surface area (Å²) in [5.74, 6) is 0.645. The molecule has 0 bridgehead atoms. The summed E-state index contributed by atoms with van der Waals surface area (Å²) in [6, 6.07) is 25.1. The minimum absolute atomic E-state index is 0.0973. The maximum absolute atomic E-state index is 12.3. The van der Waals surface area contributed by atoms with Gasteiger partial charge in [0, 0.05) is 23.9 Å². The molecule has 0 aliphatic rings. The summed E-state index contributed by atoms with van der Waals surface area (Å²) in [7, 11) is 0. The summed E-state index contributed by atoms with van der Waals surface area (Å²) in [5.41, 5.74) is 3.72. The molecule has 0 aliphatic carbocycles. The molecule has 0 atom stereocenters. The Balaban J connectivity index is 1.29. The lowest BCUT2D eigenvalue weighted by molar-refractivity contribution is 0.0951. The van der Waals surface area contributed by atoms with Crippen molar-refractivity contribution in [1.29, 1.82) is 0 Å². The molecule has 0 aliphatic heterocycles. The minimum Gasteiger partial charge on any atom is -0.493 e. The van der Waals surface area contributed by atoms with Crippen LogP contribution in [0.2, 0.25) is 0 Å². The second-order valence-corrected chi connectivity index (χ2v) is 6.55. The molecule has 4 aromatic rings. The smallest absolute Gasteiger partial charge is 0.251 e. The highest BCUT2D eigenvalue weighted by molar-refractivity contribution is 5.94. The maximum Gasteiger partial charge on any atom is 0.251 e. The van der Waals surface area contributed by atoms with Gasteiger partial charge < -0.3 is 14.5 Å². The number of rotatable bonds is 7. The van der Waals surface area contributed by atoms with Crippen molar-refractivity contribution in [1.82, 2.24) is 5.32 Å². The quantitative estimate of drug-likeness (QED) is 0.498. The molecule has 1 heterocycles. The Morgan fingerprint density at radius 1 is 0.893 bits per heavy atom. The third-order valence-corrected chi connectivity index (χ3v) is 4.61. The molecule has 0 saturated carbocycles. The molecule has 0 saturated heterocycles. The number of ether oxygens (including phenoxy) is 1. The standard InChI is InChI=1S/C24H21NO3/c26-24(25-17-18-5-2-1-3-6-18)21-9-11-22(12-10-21)27-15-13-19-7-4-8-20-14-16-28-23(19)20/h1-12,14,16H,13,15,17H2,(H,25,26). The number of nitrogens with one attached hydrogen (secondary N) is 1. The summed E-state index contributed by atoms with van der Waals surface area (Å²) < 4.78 is 11.4. The van der Waals surface area contributed by atoms with E-state index in [0.29, 0.717) is 18.7 Å². The van der Waals surface area contributed by atoms with Crippen LogP contribution in [0.3, 0.4) is 0 Å². The summed E-state index contributed by atoms with van der Waals surface area (Å²) in [5, 5.41) is 4.02. The molecular weight excluding hydrogens is 350 g/mol. The molecule has 1 aromatic heterocycles. The van der Waals surface area contributed by atoms with Crippen molar-refractivity contribution in [3.05, 3.63) is 102 Å². The van der Waals surface area contributed by atoms with Crippen LogP contribution in [-0.2, 0) is 13.0 Å². The van der Waals surface area contributed by atoms with E-state index in [1.54, 1.807) is 18.4 Å². The molecule has 0 radical (unpaired) electrons. The van der Waals surface area contributed by atoms with Crippen LogP contribution in [0.25, 0.3) is 11.0 Å². The topological polar surface area (TPSA) is 51.5 Å². The predicted molar refractivity (Wildman–Crippen MR) is 109 cm³/mol. The van der Waals surface area contributed by atoms with E-state index in [9.17, 15) is 4.79 Å². The Hall–Kier alpha value is -3.53. The van der Waals surface area contributed by atoms with Gasteiger partial charge in [-0.15, -0.1) is 0 Å². The predicted octanol–water partition coefficient (Wildman–Crippen LogP) is 4.98. The van der Waals surface area contributed by atoms with Crippen LogP contribution in [0, 0.1) is 0 Å². The first kappa shape index (κ1) is 17.9. The van der Waals surface area contributed by atoms with Crippen molar-refractivity contribution in [2.24, 2.45) is 0 Å². The highest BCUT2D eigenvalue weighted by Crippen LogP contribution is 2.20. The number of carbonyl (C=O) groups is 1. The average molecular weight is 371 g/mol. The zero-order chi connectivity index (χ0) is 19.2. The molecule has 140 valence electrons. The Bertz CT molecular complexity index is 1050. The summed E-state index contributed by atoms with van der Waals surface area (Å²) in [6.45, 7) is 1.05. The van der Waals surface area contributed by atoms with E-state index in [1.807, 2.05) is 60.7 Å². The molecular formula is C24H21NO3. The molecule has 3 aromatic carbocycles. The van der Waals surface area contributed by atoms with Gasteiger partial charge in [-0.05, 0) is 41.5 Å². The maximum atomic E-state index is 12.3. The molecule has 4 rings (SSSR count). The molecule has 0 fully saturated rings. The highest BCUT2D eigenvalue weighted by Gasteiger charge is 2.07. The van der Waals surface area contributed by atoms with Gasteiger partial charge in [0.05, 0.1) is 12.9 Å². The third kappa shape index (κ3) is 4.23. The van der Waals surface area contributed by atoms with E-state index in [0.717, 1.165) is 34.3 Å². The van der Waals surface area contributed by atoms with Crippen LogP contribution in [0.5, 0.6) is 5.75 Å². The van der Waals surface area contributed by atoms with Crippen LogP contribution < -0.4 is 10.1 Å².